The third-order valence-corrected chi connectivity index (χ3v) is 4.29. The molecule has 1 aliphatic carbocycles. The standard InChI is InChI=1S/C16H26N2/c1-12-6-5-8-14(10-12)16(11-17)18-15-9-4-3-7-13(15)2/h3-4,7,9,12,14,16,18H,5-6,8,10-11,17H2,1-2H3. The van der Waals surface area contributed by atoms with Gasteiger partial charge in [0, 0.05) is 18.3 Å². The predicted molar refractivity (Wildman–Crippen MR) is 78.8 cm³/mol. The largest absolute Gasteiger partial charge is 0.381 e. The average Bonchev–Trinajstić information content (AvgIpc) is 2.38. The second-order valence-electron chi connectivity index (χ2n) is 5.83. The topological polar surface area (TPSA) is 38.0 Å². The van der Waals surface area contributed by atoms with Gasteiger partial charge in [0.05, 0.1) is 0 Å². The Morgan fingerprint density at radius 2 is 2.11 bits per heavy atom. The molecule has 0 radical (unpaired) electrons. The first-order valence-electron chi connectivity index (χ1n) is 7.23. The molecule has 2 heteroatoms. The van der Waals surface area contributed by atoms with E-state index in [0.29, 0.717) is 6.04 Å². The molecule has 0 heterocycles. The molecule has 1 aliphatic rings. The molecule has 1 fully saturated rings. The summed E-state index contributed by atoms with van der Waals surface area (Å²) in [4.78, 5) is 0. The molecule has 1 aromatic carbocycles. The van der Waals surface area contributed by atoms with Gasteiger partial charge < -0.3 is 11.1 Å². The van der Waals surface area contributed by atoms with Gasteiger partial charge in [0.1, 0.15) is 0 Å². The van der Waals surface area contributed by atoms with Crippen molar-refractivity contribution in [3.05, 3.63) is 29.8 Å². The van der Waals surface area contributed by atoms with Crippen LogP contribution in [0.15, 0.2) is 24.3 Å². The van der Waals surface area contributed by atoms with Crippen LogP contribution in [-0.2, 0) is 0 Å². The quantitative estimate of drug-likeness (QED) is 0.852. The summed E-state index contributed by atoms with van der Waals surface area (Å²) in [5.41, 5.74) is 8.53. The summed E-state index contributed by atoms with van der Waals surface area (Å²) in [6, 6.07) is 8.91. The van der Waals surface area contributed by atoms with Crippen LogP contribution in [-0.4, -0.2) is 12.6 Å². The van der Waals surface area contributed by atoms with Gasteiger partial charge in [0.2, 0.25) is 0 Å². The van der Waals surface area contributed by atoms with Crippen molar-refractivity contribution in [3.8, 4) is 0 Å². The number of hydrogen-bond donors (Lipinski definition) is 2. The highest BCUT2D eigenvalue weighted by molar-refractivity contribution is 5.51. The molecule has 0 spiro atoms. The molecule has 2 rings (SSSR count). The van der Waals surface area contributed by atoms with Crippen molar-refractivity contribution < 1.29 is 0 Å². The van der Waals surface area contributed by atoms with E-state index in [-0.39, 0.29) is 0 Å². The Balaban J connectivity index is 2.03. The van der Waals surface area contributed by atoms with Crippen LogP contribution < -0.4 is 11.1 Å². The Morgan fingerprint density at radius 1 is 1.33 bits per heavy atom. The van der Waals surface area contributed by atoms with E-state index in [1.807, 2.05) is 0 Å². The molecule has 0 amide bonds. The van der Waals surface area contributed by atoms with E-state index in [1.54, 1.807) is 0 Å². The molecule has 100 valence electrons. The van der Waals surface area contributed by atoms with Gasteiger partial charge in [-0.1, -0.05) is 38.0 Å². The maximum atomic E-state index is 5.98. The summed E-state index contributed by atoms with van der Waals surface area (Å²) in [5.74, 6) is 1.59. The van der Waals surface area contributed by atoms with Crippen LogP contribution in [0.3, 0.4) is 0 Å². The fraction of sp³-hybridized carbons (Fsp3) is 0.625. The van der Waals surface area contributed by atoms with Gasteiger partial charge in [-0.3, -0.25) is 0 Å². The summed E-state index contributed by atoms with van der Waals surface area (Å²) in [6.45, 7) is 5.25. The van der Waals surface area contributed by atoms with Gasteiger partial charge in [-0.2, -0.15) is 0 Å². The van der Waals surface area contributed by atoms with E-state index in [1.165, 1.54) is 36.9 Å². The molecule has 1 saturated carbocycles. The number of benzene rings is 1. The van der Waals surface area contributed by atoms with Crippen molar-refractivity contribution in [2.24, 2.45) is 17.6 Å². The molecule has 3 unspecified atom stereocenters. The molecule has 0 aromatic heterocycles. The van der Waals surface area contributed by atoms with Gasteiger partial charge >= 0.3 is 0 Å². The molecule has 3 N–H and O–H groups in total. The van der Waals surface area contributed by atoms with Crippen LogP contribution in [0.5, 0.6) is 0 Å². The molecule has 1 aromatic rings. The zero-order chi connectivity index (χ0) is 13.0. The predicted octanol–water partition coefficient (Wildman–Crippen LogP) is 3.56. The number of hydrogen-bond acceptors (Lipinski definition) is 2. The SMILES string of the molecule is Cc1ccccc1NC(CN)C1CCCC(C)C1. The lowest BCUT2D eigenvalue weighted by molar-refractivity contribution is 0.257. The molecule has 2 nitrogen and oxygen atoms in total. The second-order valence-corrected chi connectivity index (χ2v) is 5.83. The number of rotatable bonds is 4. The summed E-state index contributed by atoms with van der Waals surface area (Å²) < 4.78 is 0. The van der Waals surface area contributed by atoms with Gasteiger partial charge in [-0.25, -0.2) is 0 Å². The minimum Gasteiger partial charge on any atom is -0.381 e. The van der Waals surface area contributed by atoms with E-state index in [2.05, 4.69) is 43.4 Å². The smallest absolute Gasteiger partial charge is 0.0412 e. The second kappa shape index (κ2) is 6.24. The minimum atomic E-state index is 0.425. The fourth-order valence-corrected chi connectivity index (χ4v) is 3.15. The van der Waals surface area contributed by atoms with Crippen LogP contribution in [0.25, 0.3) is 0 Å². The highest BCUT2D eigenvalue weighted by Crippen LogP contribution is 2.32. The Labute approximate surface area is 111 Å². The Kier molecular flexibility index (Phi) is 4.65. The average molecular weight is 246 g/mol. The molecule has 18 heavy (non-hydrogen) atoms. The molecular weight excluding hydrogens is 220 g/mol. The normalized spacial score (nSPS) is 25.7. The van der Waals surface area contributed by atoms with Crippen molar-refractivity contribution in [2.45, 2.75) is 45.6 Å². The van der Waals surface area contributed by atoms with Crippen LogP contribution in [0.2, 0.25) is 0 Å². The monoisotopic (exact) mass is 246 g/mol. The highest BCUT2D eigenvalue weighted by atomic mass is 14.9. The number of para-hydroxylation sites is 1. The van der Waals surface area contributed by atoms with E-state index >= 15 is 0 Å². The van der Waals surface area contributed by atoms with Gasteiger partial charge in [-0.05, 0) is 43.2 Å². The van der Waals surface area contributed by atoms with Crippen molar-refractivity contribution in [1.29, 1.82) is 0 Å². The van der Waals surface area contributed by atoms with Crippen molar-refractivity contribution in [3.63, 3.8) is 0 Å². The van der Waals surface area contributed by atoms with Crippen LogP contribution in [0, 0.1) is 18.8 Å². The number of aryl methyl sites for hydroxylation is 1. The van der Waals surface area contributed by atoms with Crippen LogP contribution in [0.1, 0.15) is 38.2 Å². The lowest BCUT2D eigenvalue weighted by Gasteiger charge is -2.34. The summed E-state index contributed by atoms with van der Waals surface area (Å²) in [6.07, 6.45) is 5.39. The first kappa shape index (κ1) is 13.4. The molecule has 3 atom stereocenters. The van der Waals surface area contributed by atoms with Gasteiger partial charge in [-0.15, -0.1) is 0 Å². The zero-order valence-electron chi connectivity index (χ0n) is 11.7. The molecular formula is C16H26N2. The minimum absolute atomic E-state index is 0.425. The summed E-state index contributed by atoms with van der Waals surface area (Å²) >= 11 is 0. The lowest BCUT2D eigenvalue weighted by atomic mass is 9.78. The van der Waals surface area contributed by atoms with Crippen molar-refractivity contribution in [2.75, 3.05) is 11.9 Å². The zero-order valence-corrected chi connectivity index (χ0v) is 11.7. The van der Waals surface area contributed by atoms with E-state index in [4.69, 9.17) is 5.73 Å². The van der Waals surface area contributed by atoms with Crippen LogP contribution in [0.4, 0.5) is 5.69 Å². The summed E-state index contributed by atoms with van der Waals surface area (Å²) in [5, 5.41) is 3.66. The number of anilines is 1. The molecule has 0 bridgehead atoms. The number of nitrogens with two attached hydrogens (primary N) is 1. The van der Waals surface area contributed by atoms with Crippen molar-refractivity contribution in [1.82, 2.24) is 0 Å². The Hall–Kier alpha value is -1.02. The Bertz CT molecular complexity index is 375. The third-order valence-electron chi connectivity index (χ3n) is 4.29. The lowest BCUT2D eigenvalue weighted by Crippen LogP contribution is -2.38. The Morgan fingerprint density at radius 3 is 2.78 bits per heavy atom. The maximum Gasteiger partial charge on any atom is 0.0412 e. The first-order chi connectivity index (χ1) is 8.70. The maximum absolute atomic E-state index is 5.98. The van der Waals surface area contributed by atoms with Crippen LogP contribution >= 0.6 is 0 Å². The third kappa shape index (κ3) is 3.26. The number of nitrogens with one attached hydrogen (secondary N) is 1. The highest BCUT2D eigenvalue weighted by Gasteiger charge is 2.25. The van der Waals surface area contributed by atoms with E-state index in [9.17, 15) is 0 Å². The van der Waals surface area contributed by atoms with Crippen molar-refractivity contribution >= 4 is 5.69 Å². The first-order valence-corrected chi connectivity index (χ1v) is 7.23. The van der Waals surface area contributed by atoms with Gasteiger partial charge in [0.15, 0.2) is 0 Å². The summed E-state index contributed by atoms with van der Waals surface area (Å²) in [7, 11) is 0. The van der Waals surface area contributed by atoms with E-state index in [0.717, 1.165) is 18.4 Å². The van der Waals surface area contributed by atoms with Gasteiger partial charge in [0.25, 0.3) is 0 Å². The fourth-order valence-electron chi connectivity index (χ4n) is 3.15. The van der Waals surface area contributed by atoms with E-state index < -0.39 is 0 Å². The molecule has 0 saturated heterocycles. The molecule has 0 aliphatic heterocycles.